The Morgan fingerprint density at radius 1 is 1.10 bits per heavy atom. The molecular weight excluding hydrogens is 347 g/mol. The van der Waals surface area contributed by atoms with Gasteiger partial charge in [-0.2, -0.15) is 0 Å². The predicted octanol–water partition coefficient (Wildman–Crippen LogP) is 4.93. The quantitative estimate of drug-likeness (QED) is 0.720. The van der Waals surface area contributed by atoms with Gasteiger partial charge >= 0.3 is 0 Å². The molecule has 0 N–H and O–H groups in total. The number of ether oxygens (including phenoxy) is 2. The number of hydrogen-bond acceptors (Lipinski definition) is 2. The van der Waals surface area contributed by atoms with Gasteiger partial charge in [0, 0.05) is 11.6 Å². The van der Waals surface area contributed by atoms with Crippen LogP contribution in [0.4, 0.5) is 4.39 Å². The highest BCUT2D eigenvalue weighted by molar-refractivity contribution is 9.10. The summed E-state index contributed by atoms with van der Waals surface area (Å²) in [4.78, 5) is 0. The van der Waals surface area contributed by atoms with Crippen LogP contribution < -0.4 is 9.47 Å². The van der Waals surface area contributed by atoms with Gasteiger partial charge in [0.1, 0.15) is 17.3 Å². The Morgan fingerprint density at radius 2 is 1.85 bits per heavy atom. The molecule has 0 aliphatic heterocycles. The van der Waals surface area contributed by atoms with E-state index in [2.05, 4.69) is 15.9 Å². The molecule has 0 fully saturated rings. The second-order valence-corrected chi connectivity index (χ2v) is 5.43. The van der Waals surface area contributed by atoms with Crippen LogP contribution in [-0.4, -0.2) is 14.2 Å². The van der Waals surface area contributed by atoms with Crippen molar-refractivity contribution in [3.63, 3.8) is 0 Å². The topological polar surface area (TPSA) is 18.5 Å². The van der Waals surface area contributed by atoms with E-state index in [1.54, 1.807) is 25.3 Å². The van der Waals surface area contributed by atoms with Crippen molar-refractivity contribution in [3.05, 3.63) is 57.8 Å². The predicted molar refractivity (Wildman–Crippen MR) is 81.3 cm³/mol. The number of alkyl halides is 1. The zero-order valence-corrected chi connectivity index (χ0v) is 13.3. The normalized spacial score (nSPS) is 12.1. The van der Waals surface area contributed by atoms with Gasteiger partial charge in [-0.05, 0) is 39.7 Å². The van der Waals surface area contributed by atoms with Gasteiger partial charge in [-0.1, -0.05) is 12.1 Å². The highest BCUT2D eigenvalue weighted by atomic mass is 79.9. The van der Waals surface area contributed by atoms with E-state index in [0.717, 1.165) is 10.0 Å². The third-order valence-corrected chi connectivity index (χ3v) is 4.06. The fourth-order valence-electron chi connectivity index (χ4n) is 1.86. The van der Waals surface area contributed by atoms with Crippen LogP contribution in [0.3, 0.4) is 0 Å². The van der Waals surface area contributed by atoms with Gasteiger partial charge in [0.25, 0.3) is 0 Å². The van der Waals surface area contributed by atoms with Gasteiger partial charge in [-0.3, -0.25) is 0 Å². The zero-order chi connectivity index (χ0) is 14.7. The number of halogens is 3. The average Bonchev–Trinajstić information content (AvgIpc) is 2.46. The highest BCUT2D eigenvalue weighted by Crippen LogP contribution is 2.35. The van der Waals surface area contributed by atoms with E-state index < -0.39 is 11.2 Å². The largest absolute Gasteiger partial charge is 0.497 e. The van der Waals surface area contributed by atoms with Crippen molar-refractivity contribution in [2.24, 2.45) is 0 Å². The monoisotopic (exact) mass is 358 g/mol. The Bertz CT molecular complexity index is 619. The maximum Gasteiger partial charge on any atom is 0.133 e. The third-order valence-electron chi connectivity index (χ3n) is 2.95. The first-order valence-electron chi connectivity index (χ1n) is 5.87. The summed E-state index contributed by atoms with van der Waals surface area (Å²) >= 11 is 9.75. The summed E-state index contributed by atoms with van der Waals surface area (Å²) < 4.78 is 24.9. The Hall–Kier alpha value is -1.26. The first-order valence-corrected chi connectivity index (χ1v) is 7.10. The van der Waals surface area contributed by atoms with Gasteiger partial charge in [0.15, 0.2) is 0 Å². The first kappa shape index (κ1) is 15.1. The summed E-state index contributed by atoms with van der Waals surface area (Å²) in [7, 11) is 3.08. The average molecular weight is 360 g/mol. The summed E-state index contributed by atoms with van der Waals surface area (Å²) in [5, 5.41) is -0.580. The summed E-state index contributed by atoms with van der Waals surface area (Å²) in [6.07, 6.45) is 0. The third kappa shape index (κ3) is 3.07. The van der Waals surface area contributed by atoms with Crippen molar-refractivity contribution >= 4 is 27.5 Å². The molecule has 1 atom stereocenters. The minimum absolute atomic E-state index is 0.392. The second-order valence-electron chi connectivity index (χ2n) is 4.14. The molecule has 2 rings (SSSR count). The molecule has 0 aliphatic carbocycles. The SMILES string of the molecule is COc1ccc(C(Cl)c2ccc(OC)c(Br)c2)c(F)c1. The van der Waals surface area contributed by atoms with Crippen LogP contribution in [0.2, 0.25) is 0 Å². The molecule has 0 spiro atoms. The van der Waals surface area contributed by atoms with Crippen LogP contribution in [0.25, 0.3) is 0 Å². The van der Waals surface area contributed by atoms with Crippen molar-refractivity contribution in [1.29, 1.82) is 0 Å². The number of benzene rings is 2. The molecule has 0 radical (unpaired) electrons. The lowest BCUT2D eigenvalue weighted by atomic mass is 10.0. The molecule has 0 bridgehead atoms. The van der Waals surface area contributed by atoms with Gasteiger partial charge in [0.2, 0.25) is 0 Å². The molecule has 0 aliphatic rings. The number of methoxy groups -OCH3 is 2. The van der Waals surface area contributed by atoms with E-state index >= 15 is 0 Å². The van der Waals surface area contributed by atoms with Crippen molar-refractivity contribution in [1.82, 2.24) is 0 Å². The van der Waals surface area contributed by atoms with E-state index in [1.807, 2.05) is 12.1 Å². The summed E-state index contributed by atoms with van der Waals surface area (Å²) in [5.74, 6) is 0.773. The lowest BCUT2D eigenvalue weighted by Gasteiger charge is -2.14. The molecule has 5 heteroatoms. The minimum Gasteiger partial charge on any atom is -0.497 e. The molecule has 2 aromatic rings. The van der Waals surface area contributed by atoms with Crippen LogP contribution in [-0.2, 0) is 0 Å². The van der Waals surface area contributed by atoms with Gasteiger partial charge in [-0.25, -0.2) is 4.39 Å². The fourth-order valence-corrected chi connectivity index (χ4v) is 2.73. The Morgan fingerprint density at radius 3 is 2.40 bits per heavy atom. The number of hydrogen-bond donors (Lipinski definition) is 0. The lowest BCUT2D eigenvalue weighted by Crippen LogP contribution is -1.98. The summed E-state index contributed by atoms with van der Waals surface area (Å²) in [6, 6.07) is 10.1. The van der Waals surface area contributed by atoms with Crippen molar-refractivity contribution in [2.45, 2.75) is 5.38 Å². The first-order chi connectivity index (χ1) is 9.56. The second kappa shape index (κ2) is 6.46. The summed E-state index contributed by atoms with van der Waals surface area (Å²) in [6.45, 7) is 0. The van der Waals surface area contributed by atoms with Gasteiger partial charge in [0.05, 0.1) is 24.1 Å². The fraction of sp³-hybridized carbons (Fsp3) is 0.200. The Labute approximate surface area is 130 Å². The smallest absolute Gasteiger partial charge is 0.133 e. The van der Waals surface area contributed by atoms with Crippen LogP contribution in [0.15, 0.2) is 40.9 Å². The minimum atomic E-state index is -0.580. The van der Waals surface area contributed by atoms with Gasteiger partial charge < -0.3 is 9.47 Å². The maximum atomic E-state index is 14.0. The molecule has 0 saturated heterocycles. The zero-order valence-electron chi connectivity index (χ0n) is 11.0. The molecule has 0 saturated carbocycles. The Kier molecular flexibility index (Phi) is 4.89. The van der Waals surface area contributed by atoms with E-state index in [9.17, 15) is 4.39 Å². The van der Waals surface area contributed by atoms with E-state index in [-0.39, 0.29) is 0 Å². The van der Waals surface area contributed by atoms with E-state index in [0.29, 0.717) is 17.1 Å². The Balaban J connectivity index is 2.35. The van der Waals surface area contributed by atoms with Crippen LogP contribution >= 0.6 is 27.5 Å². The van der Waals surface area contributed by atoms with Crippen LogP contribution in [0.1, 0.15) is 16.5 Å². The molecule has 2 aromatic carbocycles. The molecular formula is C15H13BrClFO2. The molecule has 2 nitrogen and oxygen atoms in total. The van der Waals surface area contributed by atoms with Gasteiger partial charge in [-0.15, -0.1) is 11.6 Å². The lowest BCUT2D eigenvalue weighted by molar-refractivity contribution is 0.410. The standard InChI is InChI=1S/C15H13BrClFO2/c1-19-10-4-5-11(13(18)8-10)15(17)9-3-6-14(20-2)12(16)7-9/h3-8,15H,1-2H3. The molecule has 1 unspecified atom stereocenters. The van der Waals surface area contributed by atoms with Crippen LogP contribution in [0.5, 0.6) is 11.5 Å². The van der Waals surface area contributed by atoms with Crippen molar-refractivity contribution < 1.29 is 13.9 Å². The maximum absolute atomic E-state index is 14.0. The van der Waals surface area contributed by atoms with Crippen molar-refractivity contribution in [3.8, 4) is 11.5 Å². The van der Waals surface area contributed by atoms with Crippen molar-refractivity contribution in [2.75, 3.05) is 14.2 Å². The molecule has 0 heterocycles. The molecule has 0 aromatic heterocycles. The summed E-state index contributed by atoms with van der Waals surface area (Å²) in [5.41, 5.74) is 1.19. The molecule has 20 heavy (non-hydrogen) atoms. The molecule has 106 valence electrons. The van der Waals surface area contributed by atoms with Crippen LogP contribution in [0, 0.1) is 5.82 Å². The highest BCUT2D eigenvalue weighted by Gasteiger charge is 2.17. The number of rotatable bonds is 4. The van der Waals surface area contributed by atoms with E-state index in [1.165, 1.54) is 13.2 Å². The molecule has 0 amide bonds. The van der Waals surface area contributed by atoms with E-state index in [4.69, 9.17) is 21.1 Å².